The van der Waals surface area contributed by atoms with Gasteiger partial charge in [0.2, 0.25) is 0 Å². The number of thiocarbonyl (C=S) groups is 1. The first-order valence-corrected chi connectivity index (χ1v) is 13.8. The first-order chi connectivity index (χ1) is 18.8. The van der Waals surface area contributed by atoms with E-state index < -0.39 is 16.7 Å². The second-order valence-corrected chi connectivity index (χ2v) is 11.6. The molecule has 0 saturated carbocycles. The molecule has 6 nitrogen and oxygen atoms in total. The molecule has 10 heteroatoms. The molecule has 3 aromatic rings. The third-order valence-corrected chi connectivity index (χ3v) is 9.28. The number of aliphatic imine (C=N–C) groups is 1. The number of hydrogen-bond acceptors (Lipinski definition) is 6. The van der Waals surface area contributed by atoms with Crippen LogP contribution in [-0.4, -0.2) is 42.2 Å². The molecule has 3 aromatic carbocycles. The number of anilines is 2. The molecule has 2 fully saturated rings. The molecular weight excluding hydrogens is 571 g/mol. The molecule has 194 valence electrons. The van der Waals surface area contributed by atoms with Crippen LogP contribution in [0.25, 0.3) is 0 Å². The van der Waals surface area contributed by atoms with Crippen LogP contribution in [-0.2, 0) is 0 Å². The lowest BCUT2D eigenvalue weighted by Gasteiger charge is -2.61. The molecule has 6 rings (SSSR count). The fraction of sp³-hybridized carbons (Fsp3) is 0.241. The van der Waals surface area contributed by atoms with E-state index in [1.165, 1.54) is 0 Å². The lowest BCUT2D eigenvalue weighted by atomic mass is 9.53. The second kappa shape index (κ2) is 9.70. The van der Waals surface area contributed by atoms with Gasteiger partial charge in [-0.05, 0) is 60.2 Å². The summed E-state index contributed by atoms with van der Waals surface area (Å²) >= 11 is 25.2. The highest BCUT2D eigenvalue weighted by atomic mass is 35.5. The van der Waals surface area contributed by atoms with Crippen LogP contribution in [0, 0.1) is 33.5 Å². The number of amidine groups is 1. The Bertz CT molecular complexity index is 1580. The molecule has 2 bridgehead atoms. The van der Waals surface area contributed by atoms with Gasteiger partial charge in [0.25, 0.3) is 0 Å². The van der Waals surface area contributed by atoms with Crippen LogP contribution in [0.4, 0.5) is 11.4 Å². The number of halogens is 3. The summed E-state index contributed by atoms with van der Waals surface area (Å²) in [7, 11) is 0. The molecule has 0 spiro atoms. The Labute approximate surface area is 247 Å². The molecule has 3 heterocycles. The minimum Gasteiger partial charge on any atom is -0.367 e. The van der Waals surface area contributed by atoms with Crippen LogP contribution in [0.5, 0.6) is 0 Å². The Hall–Kier alpha value is -3.33. The highest BCUT2D eigenvalue weighted by Gasteiger charge is 2.68. The monoisotopic (exact) mass is 590 g/mol. The van der Waals surface area contributed by atoms with Crippen molar-refractivity contribution in [2.75, 3.05) is 36.2 Å². The van der Waals surface area contributed by atoms with Crippen molar-refractivity contribution in [2.45, 2.75) is 5.92 Å². The standard InChI is InChI=1S/C29H21Cl3N6S/c30-19-5-9-21(10-6-19)36-15-28(13-33)25(23-3-1-2-4-24(23)32)29(14-34,16-36)27(39)38-18-37(17-35-26(28)38)22-11-7-20(31)8-12-22/h1-12,25H,15-18H2/t25-,28-,29+/m1/s1. The summed E-state index contributed by atoms with van der Waals surface area (Å²) in [5.41, 5.74) is 0.0564. The van der Waals surface area contributed by atoms with E-state index in [2.05, 4.69) is 12.1 Å². The van der Waals surface area contributed by atoms with E-state index in [1.54, 1.807) is 18.2 Å². The summed E-state index contributed by atoms with van der Waals surface area (Å²) in [6.07, 6.45) is 0. The largest absolute Gasteiger partial charge is 0.367 e. The highest BCUT2D eigenvalue weighted by molar-refractivity contribution is 7.80. The maximum Gasteiger partial charge on any atom is 0.141 e. The Morgan fingerprint density at radius 3 is 1.95 bits per heavy atom. The van der Waals surface area contributed by atoms with Crippen LogP contribution in [0.3, 0.4) is 0 Å². The summed E-state index contributed by atoms with van der Waals surface area (Å²) in [6.45, 7) is 1.29. The van der Waals surface area contributed by atoms with E-state index in [4.69, 9.17) is 52.0 Å². The van der Waals surface area contributed by atoms with Gasteiger partial charge >= 0.3 is 0 Å². The number of nitrogens with zero attached hydrogens (tertiary/aromatic N) is 6. The van der Waals surface area contributed by atoms with Crippen LogP contribution in [0.2, 0.25) is 15.1 Å². The van der Waals surface area contributed by atoms with Gasteiger partial charge in [-0.15, -0.1) is 0 Å². The third kappa shape index (κ3) is 3.96. The Morgan fingerprint density at radius 1 is 0.795 bits per heavy atom. The van der Waals surface area contributed by atoms with E-state index in [-0.39, 0.29) is 6.54 Å². The normalized spacial score (nSPS) is 25.9. The van der Waals surface area contributed by atoms with Crippen molar-refractivity contribution in [1.82, 2.24) is 4.90 Å². The first-order valence-electron chi connectivity index (χ1n) is 12.3. The average molecular weight is 592 g/mol. The summed E-state index contributed by atoms with van der Waals surface area (Å²) in [4.78, 5) is 11.4. The van der Waals surface area contributed by atoms with Crippen molar-refractivity contribution in [3.8, 4) is 12.1 Å². The number of benzene rings is 3. The van der Waals surface area contributed by atoms with E-state index in [9.17, 15) is 10.5 Å². The average Bonchev–Trinajstić information content (AvgIpc) is 2.96. The zero-order valence-corrected chi connectivity index (χ0v) is 23.6. The molecule has 3 atom stereocenters. The van der Waals surface area contributed by atoms with Crippen LogP contribution < -0.4 is 9.80 Å². The predicted molar refractivity (Wildman–Crippen MR) is 159 cm³/mol. The van der Waals surface area contributed by atoms with Crippen LogP contribution in [0.1, 0.15) is 11.5 Å². The number of rotatable bonds is 3. The number of piperidine rings is 2. The topological polar surface area (TPSA) is 69.7 Å². The molecular formula is C29H21Cl3N6S. The summed E-state index contributed by atoms with van der Waals surface area (Å²) < 4.78 is 0. The molecule has 0 amide bonds. The van der Waals surface area contributed by atoms with Gasteiger partial charge in [0.1, 0.15) is 28.3 Å². The van der Waals surface area contributed by atoms with Gasteiger partial charge < -0.3 is 14.7 Å². The molecule has 2 saturated heterocycles. The maximum atomic E-state index is 11.0. The summed E-state index contributed by atoms with van der Waals surface area (Å²) in [5, 5.41) is 23.8. The summed E-state index contributed by atoms with van der Waals surface area (Å²) in [5.74, 6) is -0.0449. The Morgan fingerprint density at radius 2 is 1.36 bits per heavy atom. The van der Waals surface area contributed by atoms with Gasteiger partial charge in [-0.25, -0.2) is 4.99 Å². The fourth-order valence-electron chi connectivity index (χ4n) is 6.14. The number of nitriles is 2. The molecule has 0 radical (unpaired) electrons. The summed E-state index contributed by atoms with van der Waals surface area (Å²) in [6, 6.07) is 27.5. The molecule has 0 aromatic heterocycles. The lowest BCUT2D eigenvalue weighted by molar-refractivity contribution is 0.206. The predicted octanol–water partition coefficient (Wildman–Crippen LogP) is 6.75. The van der Waals surface area contributed by atoms with Crippen molar-refractivity contribution in [3.63, 3.8) is 0 Å². The van der Waals surface area contributed by atoms with Gasteiger partial charge in [-0.1, -0.05) is 65.2 Å². The van der Waals surface area contributed by atoms with Crippen molar-refractivity contribution >= 4 is 69.2 Å². The third-order valence-electron chi connectivity index (χ3n) is 7.85. The van der Waals surface area contributed by atoms with Crippen molar-refractivity contribution < 1.29 is 0 Å². The van der Waals surface area contributed by atoms with Crippen molar-refractivity contribution in [2.24, 2.45) is 15.8 Å². The zero-order chi connectivity index (χ0) is 27.4. The van der Waals surface area contributed by atoms with Gasteiger partial charge in [-0.3, -0.25) is 0 Å². The minimum absolute atomic E-state index is 0.286. The first kappa shape index (κ1) is 25.9. The molecule has 0 N–H and O–H groups in total. The van der Waals surface area contributed by atoms with Crippen LogP contribution >= 0.6 is 47.0 Å². The quantitative estimate of drug-likeness (QED) is 0.314. The van der Waals surface area contributed by atoms with Crippen molar-refractivity contribution in [1.29, 1.82) is 10.5 Å². The van der Waals surface area contributed by atoms with Gasteiger partial charge in [0.05, 0.1) is 18.8 Å². The second-order valence-electron chi connectivity index (χ2n) is 9.97. The highest BCUT2D eigenvalue weighted by Crippen LogP contribution is 2.59. The zero-order valence-electron chi connectivity index (χ0n) is 20.6. The van der Waals surface area contributed by atoms with E-state index in [0.29, 0.717) is 45.8 Å². The smallest absolute Gasteiger partial charge is 0.141 e. The SMILES string of the molecule is N#C[C@]12CN(c3ccc(Cl)cc3)C[C@](C#N)(C(=S)N3CN(c4ccc(Cl)cc4)CN=C31)[C@@H]2c1ccccc1Cl. The number of hydrogen-bond donors (Lipinski definition) is 0. The molecule has 3 aliphatic heterocycles. The van der Waals surface area contributed by atoms with E-state index >= 15 is 0 Å². The minimum atomic E-state index is -1.24. The van der Waals surface area contributed by atoms with E-state index in [1.807, 2.05) is 69.3 Å². The van der Waals surface area contributed by atoms with Crippen LogP contribution in [0.15, 0.2) is 77.8 Å². The van der Waals surface area contributed by atoms with Gasteiger partial charge in [0, 0.05) is 45.5 Å². The maximum absolute atomic E-state index is 11.0. The van der Waals surface area contributed by atoms with Crippen molar-refractivity contribution in [3.05, 3.63) is 93.4 Å². The van der Waals surface area contributed by atoms with E-state index in [0.717, 1.165) is 16.9 Å². The Balaban J connectivity index is 1.55. The van der Waals surface area contributed by atoms with Gasteiger partial charge in [0.15, 0.2) is 0 Å². The molecule has 3 aliphatic rings. The molecule has 0 unspecified atom stereocenters. The Kier molecular flexibility index (Phi) is 6.44. The number of fused-ring (bicyclic) bond motifs is 4. The fourth-order valence-corrected chi connectivity index (χ4v) is 7.01. The lowest BCUT2D eigenvalue weighted by Crippen LogP contribution is -2.73. The molecule has 0 aliphatic carbocycles. The molecule has 39 heavy (non-hydrogen) atoms. The van der Waals surface area contributed by atoms with Gasteiger partial charge in [-0.2, -0.15) is 10.5 Å².